The van der Waals surface area contributed by atoms with Crippen LogP contribution in [0, 0.1) is 0 Å². The minimum atomic E-state index is -0.755. The Morgan fingerprint density at radius 2 is 0.552 bits per heavy atom. The molecule has 0 unspecified atom stereocenters. The van der Waals surface area contributed by atoms with Crippen LogP contribution in [0.15, 0.2) is 0 Å². The first-order valence-electron chi connectivity index (χ1n) is 13.4. The summed E-state index contributed by atoms with van der Waals surface area (Å²) in [6.07, 6.45) is 28.5. The van der Waals surface area contributed by atoms with Crippen LogP contribution >= 0.6 is 0 Å². The van der Waals surface area contributed by atoms with Crippen molar-refractivity contribution < 1.29 is 15.2 Å². The van der Waals surface area contributed by atoms with Crippen LogP contribution < -0.4 is 0 Å². The quantitative estimate of drug-likeness (QED) is 0.0938. The minimum Gasteiger partial charge on any atom is -0.182 e. The Morgan fingerprint density at radius 1 is 0.345 bits per heavy atom. The van der Waals surface area contributed by atoms with E-state index >= 15 is 0 Å². The maximum Gasteiger partial charge on any atom is 0.142 e. The highest BCUT2D eigenvalue weighted by Crippen LogP contribution is 2.14. The number of unbranched alkanes of at least 4 members (excludes halogenated alkanes) is 20. The summed E-state index contributed by atoms with van der Waals surface area (Å²) in [5.41, 5.74) is 0. The normalized spacial score (nSPS) is 12.0. The van der Waals surface area contributed by atoms with Crippen LogP contribution in [-0.4, -0.2) is 28.3 Å². The van der Waals surface area contributed by atoms with Gasteiger partial charge in [-0.3, -0.25) is 0 Å². The summed E-state index contributed by atoms with van der Waals surface area (Å²) in [7, 11) is 0. The van der Waals surface area contributed by atoms with Crippen LogP contribution in [-0.2, 0) is 0 Å². The van der Waals surface area contributed by atoms with Gasteiger partial charge in [-0.2, -0.15) is 10.4 Å². The van der Waals surface area contributed by atoms with Gasteiger partial charge in [0, 0.05) is 12.8 Å². The maximum absolute atomic E-state index is 10.1. The molecule has 0 amide bonds. The van der Waals surface area contributed by atoms with Crippen molar-refractivity contribution in [3.8, 4) is 0 Å². The average molecular weight is 415 g/mol. The number of hydroxylamine groups is 4. The lowest BCUT2D eigenvalue weighted by atomic mass is 10.1. The Morgan fingerprint density at radius 3 is 0.793 bits per heavy atom. The van der Waals surface area contributed by atoms with Crippen LogP contribution in [0.2, 0.25) is 0 Å². The molecule has 29 heavy (non-hydrogen) atoms. The molecule has 0 saturated carbocycles. The summed E-state index contributed by atoms with van der Waals surface area (Å²) in [5.74, 6) is 0. The van der Waals surface area contributed by atoms with E-state index in [0.29, 0.717) is 13.1 Å². The largest absolute Gasteiger partial charge is 0.182 e. The summed E-state index contributed by atoms with van der Waals surface area (Å²) in [6.45, 7) is 5.52. The molecule has 0 aromatic carbocycles. The van der Waals surface area contributed by atoms with Crippen LogP contribution in [0.4, 0.5) is 0 Å². The smallest absolute Gasteiger partial charge is 0.142 e. The van der Waals surface area contributed by atoms with Gasteiger partial charge in [0.1, 0.15) is 13.1 Å². The van der Waals surface area contributed by atoms with Gasteiger partial charge in [0.05, 0.1) is 0 Å². The Balaban J connectivity index is 3.30. The number of quaternary nitrogens is 1. The molecular weight excluding hydrogens is 358 g/mol. The second-order valence-electron chi connectivity index (χ2n) is 9.40. The molecule has 0 aliphatic rings. The predicted octanol–water partition coefficient (Wildman–Crippen LogP) is 9.20. The third-order valence-electron chi connectivity index (χ3n) is 6.24. The number of rotatable bonds is 24. The summed E-state index contributed by atoms with van der Waals surface area (Å²) < 4.78 is 0. The molecule has 0 aliphatic carbocycles. The average Bonchev–Trinajstić information content (AvgIpc) is 2.70. The molecular formula is C26H56NO2+. The van der Waals surface area contributed by atoms with E-state index < -0.39 is 4.81 Å². The van der Waals surface area contributed by atoms with E-state index in [1.54, 1.807) is 0 Å². The van der Waals surface area contributed by atoms with Crippen LogP contribution in [0.25, 0.3) is 0 Å². The van der Waals surface area contributed by atoms with Gasteiger partial charge in [-0.25, -0.2) is 0 Å². The zero-order valence-corrected chi connectivity index (χ0v) is 20.3. The van der Waals surface area contributed by atoms with E-state index in [4.69, 9.17) is 0 Å². The Kier molecular flexibility index (Phi) is 22.5. The molecule has 0 aliphatic heterocycles. The van der Waals surface area contributed by atoms with Crippen LogP contribution in [0.3, 0.4) is 0 Å². The highest BCUT2D eigenvalue weighted by atomic mass is 16.8. The van der Waals surface area contributed by atoms with E-state index in [0.717, 1.165) is 25.7 Å². The monoisotopic (exact) mass is 414 g/mol. The summed E-state index contributed by atoms with van der Waals surface area (Å²) in [4.78, 5) is -0.755. The van der Waals surface area contributed by atoms with Gasteiger partial charge in [0.25, 0.3) is 0 Å². The highest BCUT2D eigenvalue weighted by molar-refractivity contribution is 4.49. The third kappa shape index (κ3) is 24.0. The van der Waals surface area contributed by atoms with Crippen molar-refractivity contribution in [2.24, 2.45) is 0 Å². The van der Waals surface area contributed by atoms with Crippen LogP contribution in [0.5, 0.6) is 0 Å². The van der Waals surface area contributed by atoms with Crippen molar-refractivity contribution in [2.45, 2.75) is 155 Å². The van der Waals surface area contributed by atoms with Crippen molar-refractivity contribution >= 4 is 0 Å². The van der Waals surface area contributed by atoms with Gasteiger partial charge in [0.2, 0.25) is 0 Å². The fraction of sp³-hybridized carbons (Fsp3) is 1.00. The van der Waals surface area contributed by atoms with Gasteiger partial charge in [-0.05, 0) is 17.7 Å². The fourth-order valence-electron chi connectivity index (χ4n) is 4.17. The third-order valence-corrected chi connectivity index (χ3v) is 6.24. The number of hydrogen-bond donors (Lipinski definition) is 2. The van der Waals surface area contributed by atoms with Crippen molar-refractivity contribution in [1.29, 1.82) is 0 Å². The molecule has 0 heterocycles. The summed E-state index contributed by atoms with van der Waals surface area (Å²) in [5, 5.41) is 20.2. The lowest BCUT2D eigenvalue weighted by Gasteiger charge is -2.21. The number of hydrogen-bond acceptors (Lipinski definition) is 2. The molecule has 3 nitrogen and oxygen atoms in total. The standard InChI is InChI=1S/C26H56NO2/c1-3-5-7-9-11-13-15-16-18-20-22-24-26-27(28,29)25-23-21-19-17-14-12-10-8-6-4-2/h28-29H,3-26H2,1-2H3/q+1. The SMILES string of the molecule is CCCCCCCCCCCCCC[N+](O)(O)CCCCCCCCCCCC. The second kappa shape index (κ2) is 22.6. The van der Waals surface area contributed by atoms with Gasteiger partial charge in [-0.15, -0.1) is 0 Å². The molecule has 0 spiro atoms. The molecule has 2 N–H and O–H groups in total. The van der Waals surface area contributed by atoms with Crippen molar-refractivity contribution in [1.82, 2.24) is 0 Å². The molecule has 176 valence electrons. The zero-order valence-electron chi connectivity index (χ0n) is 20.3. The summed E-state index contributed by atoms with van der Waals surface area (Å²) in [6, 6.07) is 0. The maximum atomic E-state index is 10.1. The molecule has 3 heteroatoms. The first-order valence-corrected chi connectivity index (χ1v) is 13.4. The van der Waals surface area contributed by atoms with E-state index in [2.05, 4.69) is 13.8 Å². The lowest BCUT2D eigenvalue weighted by molar-refractivity contribution is -1.24. The first-order chi connectivity index (χ1) is 14.1. The van der Waals surface area contributed by atoms with Crippen molar-refractivity contribution in [3.05, 3.63) is 0 Å². The molecule has 0 bridgehead atoms. The fourth-order valence-corrected chi connectivity index (χ4v) is 4.17. The molecule has 0 aromatic rings. The molecule has 0 rings (SSSR count). The van der Waals surface area contributed by atoms with Crippen molar-refractivity contribution in [3.63, 3.8) is 0 Å². The molecule has 0 atom stereocenters. The van der Waals surface area contributed by atoms with Crippen LogP contribution in [0.1, 0.15) is 155 Å². The Hall–Kier alpha value is -0.120. The molecule has 0 fully saturated rings. The zero-order chi connectivity index (χ0) is 21.5. The highest BCUT2D eigenvalue weighted by Gasteiger charge is 2.20. The molecule has 0 saturated heterocycles. The van der Waals surface area contributed by atoms with E-state index in [-0.39, 0.29) is 0 Å². The summed E-state index contributed by atoms with van der Waals surface area (Å²) >= 11 is 0. The lowest BCUT2D eigenvalue weighted by Crippen LogP contribution is -2.42. The van der Waals surface area contributed by atoms with Gasteiger partial charge >= 0.3 is 0 Å². The van der Waals surface area contributed by atoms with E-state index in [1.807, 2.05) is 0 Å². The van der Waals surface area contributed by atoms with E-state index in [9.17, 15) is 10.4 Å². The Labute approximate surface area is 183 Å². The van der Waals surface area contributed by atoms with Gasteiger partial charge < -0.3 is 0 Å². The first kappa shape index (κ1) is 28.9. The Bertz CT molecular complexity index is 307. The topological polar surface area (TPSA) is 40.5 Å². The molecule has 0 aromatic heterocycles. The van der Waals surface area contributed by atoms with Crippen molar-refractivity contribution in [2.75, 3.05) is 13.1 Å². The van der Waals surface area contributed by atoms with Gasteiger partial charge in [0.15, 0.2) is 0 Å². The minimum absolute atomic E-state index is 0.495. The molecule has 0 radical (unpaired) electrons. The van der Waals surface area contributed by atoms with Gasteiger partial charge in [-0.1, -0.05) is 129 Å². The predicted molar refractivity (Wildman–Crippen MR) is 126 cm³/mol. The van der Waals surface area contributed by atoms with E-state index in [1.165, 1.54) is 116 Å². The second-order valence-corrected chi connectivity index (χ2v) is 9.40. The number of nitrogens with zero attached hydrogens (tertiary/aromatic N) is 1.